The first-order valence-electron chi connectivity index (χ1n) is 7.10. The lowest BCUT2D eigenvalue weighted by Gasteiger charge is -2.16. The molecule has 1 fully saturated rings. The molecule has 130 valence electrons. The fraction of sp³-hybridized carbons (Fsp3) is 0.429. The number of hydrogen-bond acceptors (Lipinski definition) is 6. The topological polar surface area (TPSA) is 93.6 Å². The number of aromatic amines is 1. The van der Waals surface area contributed by atoms with Crippen molar-refractivity contribution in [3.05, 3.63) is 54.2 Å². The summed E-state index contributed by atoms with van der Waals surface area (Å²) in [5.41, 5.74) is -1.88. The number of aromatic nitrogens is 2. The summed E-state index contributed by atoms with van der Waals surface area (Å²) in [6.07, 6.45) is -1.00. The zero-order valence-electron chi connectivity index (χ0n) is 12.3. The van der Waals surface area contributed by atoms with Crippen LogP contribution in [0.2, 0.25) is 5.02 Å². The molecular weight excluding hydrogens is 363 g/mol. The molecule has 2 aromatic heterocycles. The largest absolute Gasteiger partial charge is 0.394 e. The molecule has 0 aliphatic carbocycles. The van der Waals surface area contributed by atoms with Crippen molar-refractivity contribution in [1.82, 2.24) is 9.55 Å². The predicted molar refractivity (Wildman–Crippen MR) is 84.8 cm³/mol. The fourth-order valence-electron chi connectivity index (χ4n) is 2.50. The highest BCUT2D eigenvalue weighted by Gasteiger charge is 2.37. The number of aliphatic hydroxyl groups excluding tert-OH is 1. The van der Waals surface area contributed by atoms with Crippen LogP contribution in [0, 0.1) is 5.82 Å². The Hall–Kier alpha value is -1.52. The summed E-state index contributed by atoms with van der Waals surface area (Å²) in [5.74, 6) is -1.09. The second-order valence-electron chi connectivity index (χ2n) is 5.23. The molecule has 3 heterocycles. The minimum absolute atomic E-state index is 0.222. The van der Waals surface area contributed by atoms with Crippen molar-refractivity contribution in [2.24, 2.45) is 0 Å². The van der Waals surface area contributed by atoms with E-state index >= 15 is 0 Å². The molecule has 24 heavy (non-hydrogen) atoms. The van der Waals surface area contributed by atoms with E-state index in [4.69, 9.17) is 21.1 Å². The van der Waals surface area contributed by atoms with Crippen LogP contribution in [0.15, 0.2) is 27.2 Å². The van der Waals surface area contributed by atoms with Gasteiger partial charge in [0.25, 0.3) is 5.56 Å². The van der Waals surface area contributed by atoms with Gasteiger partial charge in [-0.05, 0) is 11.4 Å². The van der Waals surface area contributed by atoms with Crippen LogP contribution in [0.5, 0.6) is 0 Å². The first kappa shape index (κ1) is 17.3. The van der Waals surface area contributed by atoms with Crippen LogP contribution >= 0.6 is 22.9 Å². The van der Waals surface area contributed by atoms with Crippen molar-refractivity contribution >= 4 is 22.9 Å². The molecule has 0 spiro atoms. The van der Waals surface area contributed by atoms with Crippen molar-refractivity contribution in [3.8, 4) is 0 Å². The summed E-state index contributed by atoms with van der Waals surface area (Å²) in [4.78, 5) is 25.6. The lowest BCUT2D eigenvalue weighted by atomic mass is 10.2. The Balaban J connectivity index is 1.74. The Morgan fingerprint density at radius 3 is 3.00 bits per heavy atom. The van der Waals surface area contributed by atoms with Gasteiger partial charge in [0, 0.05) is 11.3 Å². The number of nitrogens with zero attached hydrogens (tertiary/aromatic N) is 1. The quantitative estimate of drug-likeness (QED) is 0.819. The summed E-state index contributed by atoms with van der Waals surface area (Å²) < 4.78 is 25.7. The van der Waals surface area contributed by atoms with Crippen LogP contribution in [-0.4, -0.2) is 33.5 Å². The van der Waals surface area contributed by atoms with Crippen molar-refractivity contribution < 1.29 is 19.0 Å². The number of thiophene rings is 1. The molecule has 0 aromatic carbocycles. The third-order valence-electron chi connectivity index (χ3n) is 3.71. The number of nitrogens with one attached hydrogen (secondary N) is 1. The first-order chi connectivity index (χ1) is 11.5. The predicted octanol–water partition coefficient (Wildman–Crippen LogP) is 1.26. The van der Waals surface area contributed by atoms with Gasteiger partial charge in [0.05, 0.1) is 30.5 Å². The molecule has 3 rings (SSSR count). The number of halogens is 2. The summed E-state index contributed by atoms with van der Waals surface area (Å²) in [5, 5.41) is 11.9. The normalized spacial score (nSPS) is 23.7. The SMILES string of the molecule is O=c1[nH]c(=O)n([C@H]2C[C@H](OCc3sccc3Cl)[C@@H](CO)O2)cc1F. The first-order valence-corrected chi connectivity index (χ1v) is 8.36. The van der Waals surface area contributed by atoms with Crippen LogP contribution < -0.4 is 11.2 Å². The summed E-state index contributed by atoms with van der Waals surface area (Å²) >= 11 is 7.44. The van der Waals surface area contributed by atoms with E-state index in [2.05, 4.69) is 0 Å². The molecule has 0 radical (unpaired) electrons. The molecule has 0 amide bonds. The highest BCUT2D eigenvalue weighted by Crippen LogP contribution is 2.31. The zero-order chi connectivity index (χ0) is 17.3. The maximum Gasteiger partial charge on any atom is 0.330 e. The number of ether oxygens (including phenoxy) is 2. The van der Waals surface area contributed by atoms with E-state index in [1.165, 1.54) is 11.3 Å². The van der Waals surface area contributed by atoms with E-state index in [1.807, 2.05) is 10.4 Å². The molecule has 3 atom stereocenters. The Bertz CT molecular complexity index is 835. The lowest BCUT2D eigenvalue weighted by molar-refractivity contribution is -0.0655. The monoisotopic (exact) mass is 376 g/mol. The fourth-order valence-corrected chi connectivity index (χ4v) is 3.51. The standard InChI is InChI=1S/C14H14ClFN2O5S/c15-7-1-2-24-11(7)6-22-9-3-12(23-10(9)5-19)18-4-8(16)13(20)17-14(18)21/h1-2,4,9-10,12,19H,3,5-6H2,(H,17,20,21)/t9-,10+,12+/m0/s1. The second-order valence-corrected chi connectivity index (χ2v) is 6.64. The van der Waals surface area contributed by atoms with E-state index in [0.29, 0.717) is 5.02 Å². The molecule has 2 aromatic rings. The maximum atomic E-state index is 13.4. The zero-order valence-corrected chi connectivity index (χ0v) is 13.8. The number of aliphatic hydroxyl groups is 1. The number of hydrogen-bond donors (Lipinski definition) is 2. The van der Waals surface area contributed by atoms with Gasteiger partial charge in [-0.1, -0.05) is 11.6 Å². The average molecular weight is 377 g/mol. The lowest BCUT2D eigenvalue weighted by Crippen LogP contribution is -2.34. The molecule has 0 bridgehead atoms. The molecule has 1 aliphatic rings. The Labute approximate surface area is 144 Å². The number of rotatable bonds is 5. The van der Waals surface area contributed by atoms with Gasteiger partial charge in [0.15, 0.2) is 0 Å². The molecule has 7 nitrogen and oxygen atoms in total. The van der Waals surface area contributed by atoms with E-state index in [1.54, 1.807) is 6.07 Å². The van der Waals surface area contributed by atoms with Crippen LogP contribution in [0.25, 0.3) is 0 Å². The van der Waals surface area contributed by atoms with Crippen LogP contribution in [-0.2, 0) is 16.1 Å². The van der Waals surface area contributed by atoms with Gasteiger partial charge in [-0.3, -0.25) is 14.3 Å². The third-order valence-corrected chi connectivity index (χ3v) is 5.08. The summed E-state index contributed by atoms with van der Waals surface area (Å²) in [6, 6.07) is 1.76. The molecule has 0 saturated carbocycles. The smallest absolute Gasteiger partial charge is 0.330 e. The van der Waals surface area contributed by atoms with Crippen LogP contribution in [0.3, 0.4) is 0 Å². The number of H-pyrrole nitrogens is 1. The molecular formula is C14H14ClFN2O5S. The van der Waals surface area contributed by atoms with E-state index in [-0.39, 0.29) is 19.6 Å². The molecule has 1 saturated heterocycles. The van der Waals surface area contributed by atoms with Crippen molar-refractivity contribution in [3.63, 3.8) is 0 Å². The minimum atomic E-state index is -1.09. The van der Waals surface area contributed by atoms with Gasteiger partial charge in [-0.15, -0.1) is 11.3 Å². The molecule has 1 aliphatic heterocycles. The average Bonchev–Trinajstić information content (AvgIpc) is 3.14. The van der Waals surface area contributed by atoms with E-state index < -0.39 is 35.5 Å². The second kappa shape index (κ2) is 7.16. The molecule has 2 N–H and O–H groups in total. The molecule has 0 unspecified atom stereocenters. The van der Waals surface area contributed by atoms with Gasteiger partial charge in [-0.25, -0.2) is 4.79 Å². The highest BCUT2D eigenvalue weighted by molar-refractivity contribution is 7.10. The Kier molecular flexibility index (Phi) is 5.16. The van der Waals surface area contributed by atoms with Crippen LogP contribution in [0.1, 0.15) is 17.5 Å². The Morgan fingerprint density at radius 1 is 1.54 bits per heavy atom. The van der Waals surface area contributed by atoms with Gasteiger partial charge in [0.2, 0.25) is 5.82 Å². The summed E-state index contributed by atoms with van der Waals surface area (Å²) in [7, 11) is 0. The van der Waals surface area contributed by atoms with Crippen LogP contribution in [0.4, 0.5) is 4.39 Å². The van der Waals surface area contributed by atoms with Gasteiger partial charge in [0.1, 0.15) is 12.3 Å². The Morgan fingerprint density at radius 2 is 2.33 bits per heavy atom. The van der Waals surface area contributed by atoms with Gasteiger partial charge in [-0.2, -0.15) is 4.39 Å². The van der Waals surface area contributed by atoms with E-state index in [0.717, 1.165) is 15.6 Å². The molecule has 10 heteroatoms. The van der Waals surface area contributed by atoms with Gasteiger partial charge >= 0.3 is 5.69 Å². The minimum Gasteiger partial charge on any atom is -0.394 e. The van der Waals surface area contributed by atoms with Gasteiger partial charge < -0.3 is 14.6 Å². The van der Waals surface area contributed by atoms with Crippen molar-refractivity contribution in [2.45, 2.75) is 31.5 Å². The van der Waals surface area contributed by atoms with E-state index in [9.17, 15) is 19.1 Å². The third kappa shape index (κ3) is 3.45. The van der Waals surface area contributed by atoms with Crippen molar-refractivity contribution in [1.29, 1.82) is 0 Å². The highest BCUT2D eigenvalue weighted by atomic mass is 35.5. The maximum absolute atomic E-state index is 13.4. The van der Waals surface area contributed by atoms with Crippen molar-refractivity contribution in [2.75, 3.05) is 6.61 Å². The summed E-state index contributed by atoms with van der Waals surface area (Å²) in [6.45, 7) is -0.0808.